The molecule has 0 aliphatic rings. The van der Waals surface area contributed by atoms with E-state index >= 15 is 0 Å². The van der Waals surface area contributed by atoms with Gasteiger partial charge < -0.3 is 9.47 Å². The maximum absolute atomic E-state index is 11.1. The van der Waals surface area contributed by atoms with Gasteiger partial charge in [-0.2, -0.15) is 0 Å². The Bertz CT molecular complexity index is 166. The average molecular weight is 193 g/mol. The van der Waals surface area contributed by atoms with Crippen molar-refractivity contribution in [1.29, 1.82) is 0 Å². The number of carbonyl (C=O) groups excluding carboxylic acids is 1. The number of halogens is 1. The van der Waals surface area contributed by atoms with Gasteiger partial charge in [0.25, 0.3) is 0 Å². The molecule has 0 saturated carbocycles. The van der Waals surface area contributed by atoms with Gasteiger partial charge in [-0.05, 0) is 13.8 Å². The van der Waals surface area contributed by atoms with Crippen LogP contribution < -0.4 is 0 Å². The van der Waals surface area contributed by atoms with Gasteiger partial charge in [-0.1, -0.05) is 17.7 Å². The van der Waals surface area contributed by atoms with Crippen molar-refractivity contribution in [3.8, 4) is 0 Å². The Hall–Kier alpha value is -0.540. The van der Waals surface area contributed by atoms with Gasteiger partial charge in [0.15, 0.2) is 0 Å². The number of carbonyl (C=O) groups is 1. The molecule has 0 aliphatic carbocycles. The molecule has 0 saturated heterocycles. The molecular weight excluding hydrogens is 180 g/mol. The van der Waals surface area contributed by atoms with Gasteiger partial charge in [-0.15, -0.1) is 6.58 Å². The van der Waals surface area contributed by atoms with E-state index < -0.39 is 11.0 Å². The van der Waals surface area contributed by atoms with Crippen LogP contribution in [-0.4, -0.2) is 24.2 Å². The van der Waals surface area contributed by atoms with Gasteiger partial charge in [-0.3, -0.25) is 0 Å². The average Bonchev–Trinajstić information content (AvgIpc) is 2.01. The third-order valence-corrected chi connectivity index (χ3v) is 1.38. The molecule has 0 radical (unpaired) electrons. The summed E-state index contributed by atoms with van der Waals surface area (Å²) in [5, 5.41) is -1.40. The fourth-order valence-electron chi connectivity index (χ4n) is 0.534. The first-order chi connectivity index (χ1) is 5.54. The molecule has 0 bridgehead atoms. The number of hydrogen-bond donors (Lipinski definition) is 0. The highest BCUT2D eigenvalue weighted by molar-refractivity contribution is 6.32. The fourth-order valence-corrected chi connectivity index (χ4v) is 0.652. The summed E-state index contributed by atoms with van der Waals surface area (Å²) in [7, 11) is 0. The summed E-state index contributed by atoms with van der Waals surface area (Å²) in [4.78, 5) is 11.1. The summed E-state index contributed by atoms with van der Waals surface area (Å²) in [6, 6.07) is 0. The second kappa shape index (κ2) is 5.17. The summed E-state index contributed by atoms with van der Waals surface area (Å²) in [5.74, 6) is -0.575. The van der Waals surface area contributed by atoms with E-state index in [4.69, 9.17) is 16.3 Å². The third-order valence-electron chi connectivity index (χ3n) is 1.11. The monoisotopic (exact) mass is 192 g/mol. The van der Waals surface area contributed by atoms with Gasteiger partial charge in [0.2, 0.25) is 5.06 Å². The molecule has 0 aromatic heterocycles. The smallest absolute Gasteiger partial charge is 0.353 e. The molecule has 12 heavy (non-hydrogen) atoms. The van der Waals surface area contributed by atoms with E-state index in [1.54, 1.807) is 6.92 Å². The summed E-state index contributed by atoms with van der Waals surface area (Å²) < 4.78 is 9.64. The number of hydrogen-bond acceptors (Lipinski definition) is 3. The molecule has 1 unspecified atom stereocenters. The number of alkyl halides is 1. The topological polar surface area (TPSA) is 35.5 Å². The zero-order valence-electron chi connectivity index (χ0n) is 7.30. The van der Waals surface area contributed by atoms with Gasteiger partial charge >= 0.3 is 5.97 Å². The van der Waals surface area contributed by atoms with Crippen LogP contribution in [0.5, 0.6) is 0 Å². The Balaban J connectivity index is 3.98. The molecule has 1 atom stereocenters. The highest BCUT2D eigenvalue weighted by atomic mass is 35.5. The van der Waals surface area contributed by atoms with Crippen LogP contribution in [0.4, 0.5) is 0 Å². The minimum atomic E-state index is -1.40. The highest BCUT2D eigenvalue weighted by Gasteiger charge is 2.32. The van der Waals surface area contributed by atoms with E-state index in [-0.39, 0.29) is 6.61 Å². The molecule has 0 aliphatic heterocycles. The molecular formula is C8H13ClO3. The van der Waals surface area contributed by atoms with Crippen molar-refractivity contribution in [3.05, 3.63) is 12.7 Å². The lowest BCUT2D eigenvalue weighted by Gasteiger charge is -2.19. The van der Waals surface area contributed by atoms with Crippen LogP contribution in [0.1, 0.15) is 13.8 Å². The van der Waals surface area contributed by atoms with Crippen molar-refractivity contribution in [2.24, 2.45) is 0 Å². The quantitative estimate of drug-likeness (QED) is 0.378. The van der Waals surface area contributed by atoms with E-state index in [9.17, 15) is 4.79 Å². The van der Waals surface area contributed by atoms with Gasteiger partial charge in [0.05, 0.1) is 13.2 Å². The Morgan fingerprint density at radius 2 is 2.33 bits per heavy atom. The van der Waals surface area contributed by atoms with Crippen LogP contribution in [0.25, 0.3) is 0 Å². The minimum absolute atomic E-state index is 0.221. The molecule has 0 spiro atoms. The van der Waals surface area contributed by atoms with Crippen molar-refractivity contribution in [3.63, 3.8) is 0 Å². The van der Waals surface area contributed by atoms with E-state index in [1.165, 1.54) is 13.0 Å². The SMILES string of the molecule is C=CCOC(C)(Cl)C(=O)OCC. The van der Waals surface area contributed by atoms with E-state index in [1.807, 2.05) is 0 Å². The molecule has 0 aromatic rings. The Morgan fingerprint density at radius 3 is 2.75 bits per heavy atom. The zero-order valence-corrected chi connectivity index (χ0v) is 8.06. The molecule has 0 heterocycles. The van der Waals surface area contributed by atoms with Crippen LogP contribution in [0.15, 0.2) is 12.7 Å². The standard InChI is InChI=1S/C8H13ClO3/c1-4-6-12-8(3,9)7(10)11-5-2/h4H,1,5-6H2,2-3H3. The van der Waals surface area contributed by atoms with Gasteiger partial charge in [0.1, 0.15) is 0 Å². The van der Waals surface area contributed by atoms with Crippen LogP contribution in [0.2, 0.25) is 0 Å². The Labute approximate surface area is 77.3 Å². The fraction of sp³-hybridized carbons (Fsp3) is 0.625. The first-order valence-corrected chi connectivity index (χ1v) is 4.03. The highest BCUT2D eigenvalue weighted by Crippen LogP contribution is 2.17. The predicted molar refractivity (Wildman–Crippen MR) is 47.0 cm³/mol. The second-order valence-electron chi connectivity index (χ2n) is 2.24. The number of esters is 1. The molecule has 0 N–H and O–H groups in total. The maximum Gasteiger partial charge on any atom is 0.353 e. The van der Waals surface area contributed by atoms with Crippen LogP contribution >= 0.6 is 11.6 Å². The molecule has 0 rings (SSSR count). The summed E-state index contributed by atoms with van der Waals surface area (Å²) in [6.07, 6.45) is 1.51. The Kier molecular flexibility index (Phi) is 4.93. The van der Waals surface area contributed by atoms with E-state index in [0.717, 1.165) is 0 Å². The molecule has 0 fully saturated rings. The third kappa shape index (κ3) is 3.74. The lowest BCUT2D eigenvalue weighted by molar-refractivity contribution is -0.158. The van der Waals surface area contributed by atoms with Crippen molar-refractivity contribution in [2.45, 2.75) is 18.9 Å². The maximum atomic E-state index is 11.1. The van der Waals surface area contributed by atoms with Crippen molar-refractivity contribution in [1.82, 2.24) is 0 Å². The Morgan fingerprint density at radius 1 is 1.75 bits per heavy atom. The van der Waals surface area contributed by atoms with Crippen LogP contribution in [0.3, 0.4) is 0 Å². The molecule has 0 amide bonds. The summed E-state index contributed by atoms with van der Waals surface area (Å²) in [5.41, 5.74) is 0. The predicted octanol–water partition coefficient (Wildman–Crippen LogP) is 1.71. The van der Waals surface area contributed by atoms with Crippen LogP contribution in [0, 0.1) is 0 Å². The molecule has 4 heteroatoms. The summed E-state index contributed by atoms with van der Waals surface area (Å²) in [6.45, 7) is 7.09. The van der Waals surface area contributed by atoms with E-state index in [2.05, 4.69) is 11.3 Å². The normalized spacial score (nSPS) is 14.9. The lowest BCUT2D eigenvalue weighted by Crippen LogP contribution is -2.34. The van der Waals surface area contributed by atoms with Gasteiger partial charge in [0, 0.05) is 0 Å². The zero-order chi connectivity index (χ0) is 9.61. The first-order valence-electron chi connectivity index (χ1n) is 3.65. The van der Waals surface area contributed by atoms with Crippen molar-refractivity contribution >= 4 is 17.6 Å². The van der Waals surface area contributed by atoms with Crippen molar-refractivity contribution < 1.29 is 14.3 Å². The van der Waals surface area contributed by atoms with E-state index in [0.29, 0.717) is 6.61 Å². The molecule has 70 valence electrons. The van der Waals surface area contributed by atoms with Crippen molar-refractivity contribution in [2.75, 3.05) is 13.2 Å². The lowest BCUT2D eigenvalue weighted by atomic mass is 10.4. The second-order valence-corrected chi connectivity index (χ2v) is 2.96. The van der Waals surface area contributed by atoms with Crippen LogP contribution in [-0.2, 0) is 14.3 Å². The minimum Gasteiger partial charge on any atom is -0.463 e. The largest absolute Gasteiger partial charge is 0.463 e. The summed E-state index contributed by atoms with van der Waals surface area (Å²) >= 11 is 5.70. The molecule has 0 aromatic carbocycles. The molecule has 3 nitrogen and oxygen atoms in total. The first kappa shape index (κ1) is 11.5. The number of rotatable bonds is 5. The number of ether oxygens (including phenoxy) is 2. The van der Waals surface area contributed by atoms with Gasteiger partial charge in [-0.25, -0.2) is 4.79 Å².